The molecule has 146 valence electrons. The summed E-state index contributed by atoms with van der Waals surface area (Å²) < 4.78 is 0. The minimum Gasteiger partial charge on any atom is -0.397 e. The number of nitrogens with one attached hydrogen (secondary N) is 2. The number of non-ortho nitro benzene ring substituents is 1. The van der Waals surface area contributed by atoms with Crippen LogP contribution in [0.4, 0.5) is 23.0 Å². The van der Waals surface area contributed by atoms with E-state index in [1.165, 1.54) is 18.2 Å². The molecule has 9 nitrogen and oxygen atoms in total. The van der Waals surface area contributed by atoms with E-state index in [1.54, 1.807) is 54.9 Å². The van der Waals surface area contributed by atoms with Crippen molar-refractivity contribution in [3.63, 3.8) is 0 Å². The van der Waals surface area contributed by atoms with Crippen molar-refractivity contribution >= 4 is 35.0 Å². The molecule has 0 aliphatic rings. The summed E-state index contributed by atoms with van der Waals surface area (Å²) in [5.41, 5.74) is 8.38. The van der Waals surface area contributed by atoms with Crippen LogP contribution < -0.4 is 16.4 Å². The van der Waals surface area contributed by atoms with Gasteiger partial charge in [-0.25, -0.2) is 9.97 Å². The Morgan fingerprint density at radius 3 is 2.45 bits per heavy atom. The Bertz CT molecular complexity index is 1030. The normalized spacial score (nSPS) is 10.6. The van der Waals surface area contributed by atoms with Crippen LogP contribution in [0, 0.1) is 10.1 Å². The van der Waals surface area contributed by atoms with Gasteiger partial charge in [0.05, 0.1) is 16.3 Å². The molecular formula is C20H18N6O3. The smallest absolute Gasteiger partial charge is 0.269 e. The lowest BCUT2D eigenvalue weighted by atomic mass is 10.2. The summed E-state index contributed by atoms with van der Waals surface area (Å²) in [7, 11) is 0. The van der Waals surface area contributed by atoms with Gasteiger partial charge in [-0.05, 0) is 23.8 Å². The van der Waals surface area contributed by atoms with Gasteiger partial charge in [-0.3, -0.25) is 14.9 Å². The van der Waals surface area contributed by atoms with Crippen LogP contribution in [0.5, 0.6) is 0 Å². The van der Waals surface area contributed by atoms with E-state index in [9.17, 15) is 14.9 Å². The summed E-state index contributed by atoms with van der Waals surface area (Å²) >= 11 is 0. The first kappa shape index (κ1) is 19.5. The van der Waals surface area contributed by atoms with Crippen LogP contribution in [-0.2, 0) is 11.3 Å². The summed E-state index contributed by atoms with van der Waals surface area (Å²) in [4.78, 5) is 30.6. The molecule has 0 saturated carbocycles. The molecule has 0 aliphatic carbocycles. The minimum atomic E-state index is -0.443. The molecule has 0 radical (unpaired) electrons. The zero-order valence-corrected chi connectivity index (χ0v) is 15.3. The zero-order chi connectivity index (χ0) is 20.6. The second kappa shape index (κ2) is 9.09. The molecule has 3 aromatic rings. The third-order valence-electron chi connectivity index (χ3n) is 3.92. The maximum Gasteiger partial charge on any atom is 0.269 e. The van der Waals surface area contributed by atoms with Gasteiger partial charge in [0.15, 0.2) is 0 Å². The first-order valence-corrected chi connectivity index (χ1v) is 8.64. The Labute approximate surface area is 166 Å². The number of nitro groups is 1. The lowest BCUT2D eigenvalue weighted by molar-refractivity contribution is -0.384. The summed E-state index contributed by atoms with van der Waals surface area (Å²) in [6.07, 6.45) is 6.11. The predicted molar refractivity (Wildman–Crippen MR) is 111 cm³/mol. The van der Waals surface area contributed by atoms with Gasteiger partial charge in [0.2, 0.25) is 11.9 Å². The van der Waals surface area contributed by atoms with E-state index in [4.69, 9.17) is 5.73 Å². The van der Waals surface area contributed by atoms with Crippen molar-refractivity contribution in [1.82, 2.24) is 9.97 Å². The number of hydrogen-bond donors (Lipinski definition) is 3. The fraction of sp³-hybridized carbons (Fsp3) is 0.0500. The third-order valence-corrected chi connectivity index (χ3v) is 3.92. The number of benzene rings is 2. The van der Waals surface area contributed by atoms with E-state index >= 15 is 0 Å². The Morgan fingerprint density at radius 1 is 1.10 bits per heavy atom. The molecule has 0 saturated heterocycles. The van der Waals surface area contributed by atoms with Gasteiger partial charge in [-0.1, -0.05) is 24.3 Å². The Hall–Kier alpha value is -4.27. The first-order valence-electron chi connectivity index (χ1n) is 8.64. The van der Waals surface area contributed by atoms with Crippen LogP contribution in [-0.4, -0.2) is 20.8 Å². The number of carbonyl (C=O) groups excluding carboxylic acids is 1. The molecule has 1 aromatic heterocycles. The molecule has 0 unspecified atom stereocenters. The maximum atomic E-state index is 12.0. The lowest BCUT2D eigenvalue weighted by Crippen LogP contribution is -2.09. The van der Waals surface area contributed by atoms with Crippen molar-refractivity contribution in [3.05, 3.63) is 88.2 Å². The number of rotatable bonds is 7. The largest absolute Gasteiger partial charge is 0.397 e. The van der Waals surface area contributed by atoms with E-state index in [2.05, 4.69) is 20.6 Å². The van der Waals surface area contributed by atoms with Crippen molar-refractivity contribution < 1.29 is 9.72 Å². The van der Waals surface area contributed by atoms with E-state index < -0.39 is 4.92 Å². The van der Waals surface area contributed by atoms with Crippen LogP contribution >= 0.6 is 0 Å². The molecule has 0 bridgehead atoms. The zero-order valence-electron chi connectivity index (χ0n) is 15.3. The number of aromatic nitrogens is 2. The van der Waals surface area contributed by atoms with Gasteiger partial charge in [0.25, 0.3) is 5.69 Å². The fourth-order valence-electron chi connectivity index (χ4n) is 2.39. The number of carbonyl (C=O) groups is 1. The minimum absolute atomic E-state index is 0.0418. The first-order chi connectivity index (χ1) is 14.0. The van der Waals surface area contributed by atoms with Crippen molar-refractivity contribution in [2.24, 2.45) is 0 Å². The highest BCUT2D eigenvalue weighted by Crippen LogP contribution is 2.16. The van der Waals surface area contributed by atoms with Gasteiger partial charge >= 0.3 is 0 Å². The average molecular weight is 390 g/mol. The molecule has 0 fully saturated rings. The van der Waals surface area contributed by atoms with Gasteiger partial charge in [-0.2, -0.15) is 0 Å². The molecule has 9 heteroatoms. The van der Waals surface area contributed by atoms with E-state index in [0.717, 1.165) is 5.56 Å². The van der Waals surface area contributed by atoms with Crippen LogP contribution in [0.15, 0.2) is 67.0 Å². The molecule has 2 aromatic carbocycles. The summed E-state index contributed by atoms with van der Waals surface area (Å²) in [6, 6.07) is 13.2. The van der Waals surface area contributed by atoms with Crippen molar-refractivity contribution in [1.29, 1.82) is 0 Å². The fourth-order valence-corrected chi connectivity index (χ4v) is 2.39. The second-order valence-electron chi connectivity index (χ2n) is 6.03. The highest BCUT2D eigenvalue weighted by atomic mass is 16.6. The molecule has 1 amide bonds. The Kier molecular flexibility index (Phi) is 6.11. The highest BCUT2D eigenvalue weighted by molar-refractivity contribution is 6.03. The average Bonchev–Trinajstić information content (AvgIpc) is 2.73. The number of hydrogen-bond acceptors (Lipinski definition) is 7. The van der Waals surface area contributed by atoms with Crippen molar-refractivity contribution in [2.45, 2.75) is 6.54 Å². The monoisotopic (exact) mass is 390 g/mol. The van der Waals surface area contributed by atoms with Crippen LogP contribution in [0.25, 0.3) is 6.08 Å². The Balaban J connectivity index is 1.53. The number of para-hydroxylation sites is 2. The van der Waals surface area contributed by atoms with Crippen molar-refractivity contribution in [2.75, 3.05) is 16.4 Å². The number of nitrogens with zero attached hydrogens (tertiary/aromatic N) is 3. The predicted octanol–water partition coefficient (Wildman–Crippen LogP) is 3.23. The number of nitrogen functional groups attached to an aromatic ring is 1. The van der Waals surface area contributed by atoms with Crippen LogP contribution in [0.3, 0.4) is 0 Å². The quantitative estimate of drug-likeness (QED) is 0.244. The van der Waals surface area contributed by atoms with Crippen LogP contribution in [0.1, 0.15) is 11.1 Å². The number of amides is 1. The van der Waals surface area contributed by atoms with Gasteiger partial charge in [0.1, 0.15) is 0 Å². The molecule has 4 N–H and O–H groups in total. The van der Waals surface area contributed by atoms with E-state index in [1.807, 2.05) is 0 Å². The lowest BCUT2D eigenvalue weighted by Gasteiger charge is -2.05. The molecule has 3 rings (SSSR count). The molecule has 29 heavy (non-hydrogen) atoms. The number of nitrogens with two attached hydrogens (primary N) is 1. The summed E-state index contributed by atoms with van der Waals surface area (Å²) in [6.45, 7) is 0.425. The van der Waals surface area contributed by atoms with Gasteiger partial charge in [-0.15, -0.1) is 0 Å². The molecule has 1 heterocycles. The van der Waals surface area contributed by atoms with Gasteiger partial charge < -0.3 is 16.4 Å². The molecular weight excluding hydrogens is 372 g/mol. The highest BCUT2D eigenvalue weighted by Gasteiger charge is 2.04. The molecule has 0 atom stereocenters. The SMILES string of the molecule is Nc1ccccc1NC(=O)/C=C/c1cnc(NCc2ccc([N+](=O)[O-])cc2)nc1. The van der Waals surface area contributed by atoms with E-state index in [0.29, 0.717) is 29.4 Å². The standard InChI is InChI=1S/C20H18N6O3/c21-17-3-1-2-4-18(17)25-19(27)10-7-15-12-23-20(24-13-15)22-11-14-5-8-16(9-6-14)26(28)29/h1-10,12-13H,11,21H2,(H,25,27)(H,22,23,24)/b10-7+. The second-order valence-corrected chi connectivity index (χ2v) is 6.03. The third kappa shape index (κ3) is 5.60. The van der Waals surface area contributed by atoms with Crippen LogP contribution in [0.2, 0.25) is 0 Å². The maximum absolute atomic E-state index is 12.0. The summed E-state index contributed by atoms with van der Waals surface area (Å²) in [5.74, 6) is 0.0882. The molecule has 0 aliphatic heterocycles. The number of nitro benzene ring substituents is 1. The summed E-state index contributed by atoms with van der Waals surface area (Å²) in [5, 5.41) is 16.4. The van der Waals surface area contributed by atoms with Gasteiger partial charge in [0, 0.05) is 42.7 Å². The van der Waals surface area contributed by atoms with E-state index in [-0.39, 0.29) is 11.6 Å². The Morgan fingerprint density at radius 2 is 1.79 bits per heavy atom. The molecule has 0 spiro atoms. The number of anilines is 3. The topological polar surface area (TPSA) is 136 Å². The van der Waals surface area contributed by atoms with Crippen molar-refractivity contribution in [3.8, 4) is 0 Å².